The topological polar surface area (TPSA) is 138 Å². The maximum absolute atomic E-state index is 12.5. The summed E-state index contributed by atoms with van der Waals surface area (Å²) in [7, 11) is -3.84. The van der Waals surface area contributed by atoms with E-state index in [-0.39, 0.29) is 34.7 Å². The molecule has 1 aliphatic rings. The third kappa shape index (κ3) is 4.91. The molecule has 0 saturated carbocycles. The molecule has 10 nitrogen and oxygen atoms in total. The van der Waals surface area contributed by atoms with Gasteiger partial charge in [0.05, 0.1) is 10.6 Å². The number of hydrogen-bond acceptors (Lipinski definition) is 8. The molecule has 2 aromatic carbocycles. The van der Waals surface area contributed by atoms with Crippen LogP contribution in [0.1, 0.15) is 35.1 Å². The van der Waals surface area contributed by atoms with E-state index in [2.05, 4.69) is 20.2 Å². The van der Waals surface area contributed by atoms with Crippen LogP contribution in [0.5, 0.6) is 0 Å². The van der Waals surface area contributed by atoms with Crippen LogP contribution in [-0.4, -0.2) is 36.3 Å². The third-order valence-electron chi connectivity index (χ3n) is 4.85. The fourth-order valence-electron chi connectivity index (χ4n) is 3.16. The number of benzene rings is 2. The zero-order valence-electron chi connectivity index (χ0n) is 17.4. The molecule has 0 atom stereocenters. The van der Waals surface area contributed by atoms with Gasteiger partial charge in [-0.05, 0) is 55.0 Å². The Kier molecular flexibility index (Phi) is 6.20. The number of carbonyl (C=O) groups is 3. The average Bonchev–Trinajstić information content (AvgIpc) is 3.39. The van der Waals surface area contributed by atoms with Gasteiger partial charge in [0.1, 0.15) is 5.01 Å². The van der Waals surface area contributed by atoms with Crippen molar-refractivity contribution in [2.75, 3.05) is 14.9 Å². The number of aryl methyl sites for hydroxylation is 1. The van der Waals surface area contributed by atoms with Crippen molar-refractivity contribution in [2.45, 2.75) is 31.1 Å². The second-order valence-corrected chi connectivity index (χ2v) is 9.85. The van der Waals surface area contributed by atoms with Gasteiger partial charge in [0.2, 0.25) is 16.9 Å². The molecular formula is C21H19N5O5S2. The first-order valence-corrected chi connectivity index (χ1v) is 12.3. The molecule has 0 radical (unpaired) electrons. The summed E-state index contributed by atoms with van der Waals surface area (Å²) in [4.78, 5) is 37.3. The standard InChI is InChI=1S/C21H19N5O5S2/c1-2-17-23-24-21(32-17)25-33(30,31)16-9-5-14(6-10-16)22-20(29)13-3-7-15(8-4-13)26-18(27)11-12-19(26)28/h3-10H,2,11-12H2,1H3,(H,22,29)(H,24,25). The minimum atomic E-state index is -3.84. The number of aromatic nitrogens is 2. The van der Waals surface area contributed by atoms with Crippen LogP contribution in [-0.2, 0) is 26.0 Å². The maximum Gasteiger partial charge on any atom is 0.263 e. The quantitative estimate of drug-likeness (QED) is 0.491. The van der Waals surface area contributed by atoms with E-state index >= 15 is 0 Å². The molecule has 1 aromatic heterocycles. The number of carbonyl (C=O) groups excluding carboxylic acids is 3. The fraction of sp³-hybridized carbons (Fsp3) is 0.190. The number of hydrogen-bond donors (Lipinski definition) is 2. The van der Waals surface area contributed by atoms with E-state index in [0.29, 0.717) is 23.4 Å². The average molecular weight is 486 g/mol. The minimum absolute atomic E-state index is 0.0121. The summed E-state index contributed by atoms with van der Waals surface area (Å²) in [5, 5.41) is 11.3. The highest BCUT2D eigenvalue weighted by Gasteiger charge is 2.30. The van der Waals surface area contributed by atoms with E-state index in [1.54, 1.807) is 0 Å². The van der Waals surface area contributed by atoms with E-state index in [1.165, 1.54) is 48.5 Å². The van der Waals surface area contributed by atoms with Gasteiger partial charge in [-0.25, -0.2) is 8.42 Å². The van der Waals surface area contributed by atoms with Gasteiger partial charge < -0.3 is 5.32 Å². The monoisotopic (exact) mass is 485 g/mol. The van der Waals surface area contributed by atoms with Crippen LogP contribution < -0.4 is 14.9 Å². The molecule has 4 rings (SSSR count). The highest BCUT2D eigenvalue weighted by molar-refractivity contribution is 7.93. The van der Waals surface area contributed by atoms with Crippen molar-refractivity contribution in [3.05, 3.63) is 59.1 Å². The van der Waals surface area contributed by atoms with E-state index in [9.17, 15) is 22.8 Å². The zero-order valence-corrected chi connectivity index (χ0v) is 19.1. The molecular weight excluding hydrogens is 466 g/mol. The summed E-state index contributed by atoms with van der Waals surface area (Å²) in [6.07, 6.45) is 1.02. The van der Waals surface area contributed by atoms with Gasteiger partial charge >= 0.3 is 0 Å². The summed E-state index contributed by atoms with van der Waals surface area (Å²) < 4.78 is 27.4. The molecule has 33 heavy (non-hydrogen) atoms. The molecule has 3 amide bonds. The van der Waals surface area contributed by atoms with Gasteiger partial charge in [-0.2, -0.15) is 0 Å². The first-order chi connectivity index (χ1) is 15.8. The molecule has 0 spiro atoms. The van der Waals surface area contributed by atoms with Gasteiger partial charge in [0.15, 0.2) is 0 Å². The Hall–Kier alpha value is -3.64. The normalized spacial score (nSPS) is 13.9. The smallest absolute Gasteiger partial charge is 0.263 e. The Morgan fingerprint density at radius 1 is 1.00 bits per heavy atom. The summed E-state index contributed by atoms with van der Waals surface area (Å²) in [6, 6.07) is 11.8. The van der Waals surface area contributed by atoms with Crippen LogP contribution in [0.3, 0.4) is 0 Å². The molecule has 12 heteroatoms. The zero-order chi connectivity index (χ0) is 23.6. The Balaban J connectivity index is 1.41. The van der Waals surface area contributed by atoms with Crippen molar-refractivity contribution in [3.8, 4) is 0 Å². The van der Waals surface area contributed by atoms with Gasteiger partial charge in [-0.1, -0.05) is 18.3 Å². The molecule has 0 unspecified atom stereocenters. The fourth-order valence-corrected chi connectivity index (χ4v) is 5.07. The second kappa shape index (κ2) is 9.08. The van der Waals surface area contributed by atoms with Crippen LogP contribution >= 0.6 is 11.3 Å². The van der Waals surface area contributed by atoms with Crippen molar-refractivity contribution < 1.29 is 22.8 Å². The predicted octanol–water partition coefficient (Wildman–Crippen LogP) is 2.81. The SMILES string of the molecule is CCc1nnc(NS(=O)(=O)c2ccc(NC(=O)c3ccc(N4C(=O)CCC4=O)cc3)cc2)s1. The van der Waals surface area contributed by atoms with Gasteiger partial charge in [-0.3, -0.25) is 24.0 Å². The lowest BCUT2D eigenvalue weighted by atomic mass is 10.1. The molecule has 0 bridgehead atoms. The van der Waals surface area contributed by atoms with Gasteiger partial charge in [0, 0.05) is 24.1 Å². The first-order valence-electron chi connectivity index (χ1n) is 9.99. The van der Waals surface area contributed by atoms with E-state index in [4.69, 9.17) is 0 Å². The predicted molar refractivity (Wildman–Crippen MR) is 123 cm³/mol. The summed E-state index contributed by atoms with van der Waals surface area (Å²) in [6.45, 7) is 1.90. The largest absolute Gasteiger partial charge is 0.322 e. The summed E-state index contributed by atoms with van der Waals surface area (Å²) in [5.41, 5.74) is 1.14. The highest BCUT2D eigenvalue weighted by atomic mass is 32.2. The Labute approximate surface area is 193 Å². The van der Waals surface area contributed by atoms with Gasteiger partial charge in [-0.15, -0.1) is 10.2 Å². The van der Waals surface area contributed by atoms with E-state index < -0.39 is 15.9 Å². The molecule has 2 N–H and O–H groups in total. The molecule has 1 fully saturated rings. The van der Waals surface area contributed by atoms with Crippen LogP contribution in [0.4, 0.5) is 16.5 Å². The molecule has 3 aromatic rings. The second-order valence-electron chi connectivity index (χ2n) is 7.11. The van der Waals surface area contributed by atoms with E-state index in [0.717, 1.165) is 21.2 Å². The molecule has 1 aliphatic heterocycles. The lowest BCUT2D eigenvalue weighted by Gasteiger charge is -2.14. The minimum Gasteiger partial charge on any atom is -0.322 e. The Bertz CT molecular complexity index is 1300. The summed E-state index contributed by atoms with van der Waals surface area (Å²) >= 11 is 1.16. The Morgan fingerprint density at radius 2 is 1.64 bits per heavy atom. The number of rotatable bonds is 7. The Morgan fingerprint density at radius 3 is 2.21 bits per heavy atom. The summed E-state index contributed by atoms with van der Waals surface area (Å²) in [5.74, 6) is -0.951. The number of imide groups is 1. The van der Waals surface area contributed by atoms with Crippen LogP contribution in [0, 0.1) is 0 Å². The number of nitrogens with zero attached hydrogens (tertiary/aromatic N) is 3. The number of amides is 3. The lowest BCUT2D eigenvalue weighted by molar-refractivity contribution is -0.121. The highest BCUT2D eigenvalue weighted by Crippen LogP contribution is 2.24. The molecule has 1 saturated heterocycles. The number of nitrogens with one attached hydrogen (secondary N) is 2. The van der Waals surface area contributed by atoms with Crippen LogP contribution in [0.25, 0.3) is 0 Å². The number of anilines is 3. The molecule has 170 valence electrons. The molecule has 2 heterocycles. The maximum atomic E-state index is 12.5. The van der Waals surface area contributed by atoms with E-state index in [1.807, 2.05) is 6.92 Å². The van der Waals surface area contributed by atoms with Crippen molar-refractivity contribution in [1.82, 2.24) is 10.2 Å². The van der Waals surface area contributed by atoms with Gasteiger partial charge in [0.25, 0.3) is 15.9 Å². The van der Waals surface area contributed by atoms with Crippen LogP contribution in [0.2, 0.25) is 0 Å². The van der Waals surface area contributed by atoms with Crippen molar-refractivity contribution in [3.63, 3.8) is 0 Å². The van der Waals surface area contributed by atoms with Crippen molar-refractivity contribution in [2.24, 2.45) is 0 Å². The van der Waals surface area contributed by atoms with Crippen molar-refractivity contribution >= 4 is 55.6 Å². The van der Waals surface area contributed by atoms with Crippen LogP contribution in [0.15, 0.2) is 53.4 Å². The number of sulfonamides is 1. The first kappa shape index (κ1) is 22.6. The van der Waals surface area contributed by atoms with Crippen molar-refractivity contribution in [1.29, 1.82) is 0 Å². The lowest BCUT2D eigenvalue weighted by Crippen LogP contribution is -2.28. The third-order valence-corrected chi connectivity index (χ3v) is 7.32. The molecule has 0 aliphatic carbocycles.